The van der Waals surface area contributed by atoms with Gasteiger partial charge in [0, 0.05) is 11.3 Å². The molecule has 1 aliphatic heterocycles. The van der Waals surface area contributed by atoms with E-state index in [1.165, 1.54) is 5.56 Å². The first-order valence-corrected chi connectivity index (χ1v) is 7.38. The molecule has 0 saturated carbocycles. The van der Waals surface area contributed by atoms with Gasteiger partial charge in [0.25, 0.3) is 0 Å². The van der Waals surface area contributed by atoms with Crippen molar-refractivity contribution in [1.82, 2.24) is 5.32 Å². The molecular formula is C17H20N2O2. The molecule has 1 aromatic heterocycles. The Bertz CT molecular complexity index is 661. The molecule has 1 aliphatic rings. The number of anilines is 1. The van der Waals surface area contributed by atoms with Gasteiger partial charge in [-0.15, -0.1) is 0 Å². The molecule has 4 heteroatoms. The minimum absolute atomic E-state index is 0.0689. The predicted molar refractivity (Wildman–Crippen MR) is 82.4 cm³/mol. The van der Waals surface area contributed by atoms with Crippen molar-refractivity contribution in [1.29, 1.82) is 0 Å². The molecule has 0 radical (unpaired) electrons. The molecule has 2 heterocycles. The van der Waals surface area contributed by atoms with Crippen LogP contribution in [-0.2, 0) is 11.2 Å². The Morgan fingerprint density at radius 1 is 1.33 bits per heavy atom. The van der Waals surface area contributed by atoms with Crippen molar-refractivity contribution in [3.05, 3.63) is 53.0 Å². The molecule has 1 amide bonds. The molecule has 0 bridgehead atoms. The van der Waals surface area contributed by atoms with Crippen LogP contribution < -0.4 is 10.6 Å². The molecule has 0 fully saturated rings. The van der Waals surface area contributed by atoms with E-state index >= 15 is 0 Å². The Hall–Kier alpha value is -2.07. The number of hydrogen-bond acceptors (Lipinski definition) is 3. The molecule has 1 unspecified atom stereocenters. The first-order chi connectivity index (χ1) is 10.2. The van der Waals surface area contributed by atoms with E-state index in [0.717, 1.165) is 35.5 Å². The van der Waals surface area contributed by atoms with E-state index in [1.54, 1.807) is 6.26 Å². The fraction of sp³-hybridized carbons (Fsp3) is 0.353. The number of carbonyl (C=O) groups excluding carboxylic acids is 1. The topological polar surface area (TPSA) is 54.3 Å². The third-order valence-electron chi connectivity index (χ3n) is 3.77. The van der Waals surface area contributed by atoms with Gasteiger partial charge >= 0.3 is 0 Å². The minimum atomic E-state index is 0.0689. The number of nitrogens with one attached hydrogen (secondary N) is 2. The van der Waals surface area contributed by atoms with Gasteiger partial charge in [-0.25, -0.2) is 0 Å². The minimum Gasteiger partial charge on any atom is -0.469 e. The van der Waals surface area contributed by atoms with Crippen LogP contribution >= 0.6 is 0 Å². The second kappa shape index (κ2) is 5.74. The molecule has 110 valence electrons. The molecule has 0 aliphatic carbocycles. The Kier molecular flexibility index (Phi) is 3.80. The van der Waals surface area contributed by atoms with Gasteiger partial charge < -0.3 is 15.1 Å². The van der Waals surface area contributed by atoms with E-state index in [2.05, 4.69) is 35.8 Å². The normalized spacial score (nSPS) is 14.9. The van der Waals surface area contributed by atoms with Gasteiger partial charge in [-0.05, 0) is 43.1 Å². The maximum absolute atomic E-state index is 11.5. The number of benzene rings is 1. The Balaban J connectivity index is 1.93. The summed E-state index contributed by atoms with van der Waals surface area (Å²) in [7, 11) is 0. The molecule has 1 aromatic carbocycles. The van der Waals surface area contributed by atoms with Crippen molar-refractivity contribution in [3.63, 3.8) is 0 Å². The van der Waals surface area contributed by atoms with Crippen LogP contribution in [0.5, 0.6) is 0 Å². The van der Waals surface area contributed by atoms with Crippen molar-refractivity contribution < 1.29 is 9.21 Å². The van der Waals surface area contributed by atoms with Crippen LogP contribution in [0.2, 0.25) is 0 Å². The highest BCUT2D eigenvalue weighted by Gasteiger charge is 2.21. The summed E-state index contributed by atoms with van der Waals surface area (Å²) in [5.41, 5.74) is 4.29. The van der Waals surface area contributed by atoms with Gasteiger partial charge in [0.05, 0.1) is 18.7 Å². The van der Waals surface area contributed by atoms with Gasteiger partial charge in [-0.1, -0.05) is 19.1 Å². The summed E-state index contributed by atoms with van der Waals surface area (Å²) in [4.78, 5) is 11.5. The van der Waals surface area contributed by atoms with E-state index < -0.39 is 0 Å². The van der Waals surface area contributed by atoms with Crippen molar-refractivity contribution >= 4 is 11.6 Å². The fourth-order valence-corrected chi connectivity index (χ4v) is 2.76. The Morgan fingerprint density at radius 2 is 2.19 bits per heavy atom. The van der Waals surface area contributed by atoms with Crippen molar-refractivity contribution in [3.8, 4) is 0 Å². The molecule has 1 atom stereocenters. The lowest BCUT2D eigenvalue weighted by molar-refractivity contribution is -0.115. The number of rotatable bonds is 5. The average Bonchev–Trinajstić information content (AvgIpc) is 3.04. The standard InChI is InChI=1S/C17H20N2O2/c1-3-6-18-17(14-7-11(2)21-10-14)12-4-5-15-13(8-12)9-16(20)19-15/h4-5,7-8,10,17-18H,3,6,9H2,1-2H3,(H,19,20). The lowest BCUT2D eigenvalue weighted by Gasteiger charge is -2.18. The lowest BCUT2D eigenvalue weighted by Crippen LogP contribution is -2.22. The second-order valence-electron chi connectivity index (χ2n) is 5.52. The van der Waals surface area contributed by atoms with E-state index in [4.69, 9.17) is 4.42 Å². The van der Waals surface area contributed by atoms with Gasteiger partial charge in [0.1, 0.15) is 5.76 Å². The molecule has 2 aromatic rings. The molecular weight excluding hydrogens is 264 g/mol. The Labute approximate surface area is 124 Å². The zero-order valence-corrected chi connectivity index (χ0v) is 12.4. The summed E-state index contributed by atoms with van der Waals surface area (Å²) in [6.07, 6.45) is 3.34. The van der Waals surface area contributed by atoms with E-state index in [1.807, 2.05) is 13.0 Å². The quantitative estimate of drug-likeness (QED) is 0.886. The summed E-state index contributed by atoms with van der Waals surface area (Å²) in [6.45, 7) is 5.03. The van der Waals surface area contributed by atoms with Crippen molar-refractivity contribution in [2.45, 2.75) is 32.7 Å². The molecule has 0 spiro atoms. The number of aryl methyl sites for hydroxylation is 1. The SMILES string of the molecule is CCCNC(c1coc(C)c1)c1ccc2c(c1)CC(=O)N2. The van der Waals surface area contributed by atoms with E-state index in [0.29, 0.717) is 6.42 Å². The molecule has 0 saturated heterocycles. The number of fused-ring (bicyclic) bond motifs is 1. The van der Waals surface area contributed by atoms with Gasteiger partial charge in [0.15, 0.2) is 0 Å². The molecule has 3 rings (SSSR count). The maximum Gasteiger partial charge on any atom is 0.228 e. The zero-order valence-electron chi connectivity index (χ0n) is 12.4. The fourth-order valence-electron chi connectivity index (χ4n) is 2.76. The summed E-state index contributed by atoms with van der Waals surface area (Å²) < 4.78 is 5.45. The van der Waals surface area contributed by atoms with Crippen molar-refractivity contribution in [2.75, 3.05) is 11.9 Å². The number of carbonyl (C=O) groups is 1. The van der Waals surface area contributed by atoms with Crippen LogP contribution in [0.15, 0.2) is 34.9 Å². The zero-order chi connectivity index (χ0) is 14.8. The van der Waals surface area contributed by atoms with Crippen LogP contribution in [0.1, 0.15) is 41.8 Å². The van der Waals surface area contributed by atoms with Gasteiger partial charge in [-0.3, -0.25) is 4.79 Å². The Morgan fingerprint density at radius 3 is 2.90 bits per heavy atom. The van der Waals surface area contributed by atoms with Crippen molar-refractivity contribution in [2.24, 2.45) is 0 Å². The highest BCUT2D eigenvalue weighted by Crippen LogP contribution is 2.30. The van der Waals surface area contributed by atoms with Gasteiger partial charge in [0.2, 0.25) is 5.91 Å². The second-order valence-corrected chi connectivity index (χ2v) is 5.52. The lowest BCUT2D eigenvalue weighted by atomic mass is 9.98. The third-order valence-corrected chi connectivity index (χ3v) is 3.77. The first kappa shape index (κ1) is 13.9. The van der Waals surface area contributed by atoms with Gasteiger partial charge in [-0.2, -0.15) is 0 Å². The smallest absolute Gasteiger partial charge is 0.228 e. The van der Waals surface area contributed by atoms with Crippen LogP contribution in [0.25, 0.3) is 0 Å². The van der Waals surface area contributed by atoms with E-state index in [-0.39, 0.29) is 11.9 Å². The van der Waals surface area contributed by atoms with E-state index in [9.17, 15) is 4.79 Å². The maximum atomic E-state index is 11.5. The summed E-state index contributed by atoms with van der Waals surface area (Å²) >= 11 is 0. The summed E-state index contributed by atoms with van der Waals surface area (Å²) in [5.74, 6) is 0.977. The molecule has 21 heavy (non-hydrogen) atoms. The predicted octanol–water partition coefficient (Wildman–Crippen LogP) is 3.17. The number of amides is 1. The van der Waals surface area contributed by atoms with Crippen LogP contribution in [0.3, 0.4) is 0 Å². The number of furan rings is 1. The largest absolute Gasteiger partial charge is 0.469 e. The summed E-state index contributed by atoms with van der Waals surface area (Å²) in [5, 5.41) is 6.43. The highest BCUT2D eigenvalue weighted by atomic mass is 16.3. The monoisotopic (exact) mass is 284 g/mol. The average molecular weight is 284 g/mol. The number of hydrogen-bond donors (Lipinski definition) is 2. The van der Waals surface area contributed by atoms with Crippen LogP contribution in [-0.4, -0.2) is 12.5 Å². The van der Waals surface area contributed by atoms with Crippen LogP contribution in [0.4, 0.5) is 5.69 Å². The molecule has 4 nitrogen and oxygen atoms in total. The first-order valence-electron chi connectivity index (χ1n) is 7.38. The summed E-state index contributed by atoms with van der Waals surface area (Å²) in [6, 6.07) is 8.33. The van der Waals surface area contributed by atoms with Crippen LogP contribution in [0, 0.1) is 6.92 Å². The highest BCUT2D eigenvalue weighted by molar-refractivity contribution is 5.99. The molecule has 2 N–H and O–H groups in total. The third kappa shape index (κ3) is 2.85.